The predicted molar refractivity (Wildman–Crippen MR) is 199 cm³/mol. The number of benzene rings is 3. The highest BCUT2D eigenvalue weighted by atomic mass is 35.5. The minimum atomic E-state index is -3.04. The Hall–Kier alpha value is -4.52. The molecule has 3 saturated heterocycles. The second kappa shape index (κ2) is 17.5. The number of ether oxygens (including phenoxy) is 4. The minimum absolute atomic E-state index is 0.00578. The summed E-state index contributed by atoms with van der Waals surface area (Å²) in [6.07, 6.45) is 6.47. The van der Waals surface area contributed by atoms with Crippen LogP contribution in [-0.2, 0) is 22.4 Å². The van der Waals surface area contributed by atoms with Crippen molar-refractivity contribution < 1.29 is 46.7 Å². The van der Waals surface area contributed by atoms with Crippen LogP contribution in [0.4, 0.5) is 23.7 Å². The number of alkyl halides is 2. The molecule has 3 aliphatic heterocycles. The average molecular weight is 800 g/mol. The predicted octanol–water partition coefficient (Wildman–Crippen LogP) is 8.76. The number of nitrogens with one attached hydrogen (secondary N) is 1. The summed E-state index contributed by atoms with van der Waals surface area (Å²) in [7, 11) is 0. The number of esters is 1. The number of hydrogen-bond donors (Lipinski definition) is 0. The van der Waals surface area contributed by atoms with Crippen molar-refractivity contribution >= 4 is 41.0 Å². The number of aromatic nitrogens is 1. The standard InChI is InChI=1S/C41H40Cl2F3N3O6/c42-34-19-47-20-35(43)33(34)16-30(28-9-10-36(54-40(45)46)37(17-28)52-23-25-7-8-25)24-53-39(50)29-4-1-3-26(15-29)21-49(32-6-2-5-31(44)18-32)41(51)55-38-22-48-13-11-27(38)12-14-48/h1-6,9-10,15,17-20,25,27,30,38,40H,7-8,11-14,16,21-24H2/p+1/t30-,38+/m1/s1. The molecule has 9 nitrogen and oxygen atoms in total. The number of carbonyl (C=O) groups excluding carboxylic acids is 2. The fourth-order valence-electron chi connectivity index (χ4n) is 7.15. The van der Waals surface area contributed by atoms with E-state index in [1.807, 2.05) is 0 Å². The van der Waals surface area contributed by atoms with Crippen molar-refractivity contribution in [3.05, 3.63) is 117 Å². The molecule has 4 aromatic rings. The molecule has 0 radical (unpaired) electrons. The zero-order chi connectivity index (χ0) is 38.5. The van der Waals surface area contributed by atoms with Gasteiger partial charge in [-0.05, 0) is 111 Å². The zero-order valence-electron chi connectivity index (χ0n) is 29.9. The van der Waals surface area contributed by atoms with Crippen LogP contribution in [0.2, 0.25) is 10.0 Å². The molecule has 1 saturated carbocycles. The van der Waals surface area contributed by atoms with Gasteiger partial charge in [-0.2, -0.15) is 8.78 Å². The molecule has 1 N–H and O–H groups in total. The number of pyridine rings is 1. The van der Waals surface area contributed by atoms with Gasteiger partial charge in [0.1, 0.15) is 22.0 Å². The molecule has 2 atom stereocenters. The van der Waals surface area contributed by atoms with Crippen molar-refractivity contribution in [2.45, 2.75) is 57.3 Å². The van der Waals surface area contributed by atoms with Gasteiger partial charge in [-0.3, -0.25) is 9.80 Å². The van der Waals surface area contributed by atoms with Crippen molar-refractivity contribution in [1.29, 1.82) is 0 Å². The van der Waals surface area contributed by atoms with E-state index in [1.165, 1.54) is 29.2 Å². The lowest BCUT2D eigenvalue weighted by Gasteiger charge is -2.44. The number of aromatic amines is 1. The summed E-state index contributed by atoms with van der Waals surface area (Å²) in [4.78, 5) is 33.9. The van der Waals surface area contributed by atoms with Gasteiger partial charge < -0.3 is 18.9 Å². The van der Waals surface area contributed by atoms with Gasteiger partial charge in [-0.1, -0.05) is 47.5 Å². The van der Waals surface area contributed by atoms with E-state index in [0.29, 0.717) is 51.5 Å². The van der Waals surface area contributed by atoms with Crippen molar-refractivity contribution in [3.8, 4) is 11.5 Å². The van der Waals surface area contributed by atoms with Crippen molar-refractivity contribution in [2.24, 2.45) is 11.8 Å². The third kappa shape index (κ3) is 10.0. The Bertz CT molecular complexity index is 1970. The van der Waals surface area contributed by atoms with Gasteiger partial charge in [-0.25, -0.2) is 19.0 Å². The number of hydrogen-bond acceptors (Lipinski definition) is 7. The first kappa shape index (κ1) is 38.7. The third-order valence-corrected chi connectivity index (χ3v) is 11.1. The maximum atomic E-state index is 14.4. The summed E-state index contributed by atoms with van der Waals surface area (Å²) in [5, 5.41) is 0.739. The molecule has 0 spiro atoms. The number of carbonyl (C=O) groups is 2. The molecule has 2 bridgehead atoms. The van der Waals surface area contributed by atoms with E-state index in [2.05, 4.69) is 9.88 Å². The largest absolute Gasteiger partial charge is 0.489 e. The first-order valence-electron chi connectivity index (χ1n) is 18.4. The molecule has 290 valence electrons. The summed E-state index contributed by atoms with van der Waals surface area (Å²) in [6.45, 7) is -0.171. The SMILES string of the molecule is O=C(OC[C@@H](Cc1c(Cl)c[nH+]cc1Cl)c1ccc(OC(F)F)c(OCC2CC2)c1)c1cccc(CN(C(=O)O[C@H]2CN3CCC2CC3)c2cccc(F)c2)c1. The van der Waals surface area contributed by atoms with Crippen LogP contribution in [-0.4, -0.2) is 62.5 Å². The molecule has 1 aliphatic carbocycles. The number of halogens is 5. The Morgan fingerprint density at radius 2 is 1.69 bits per heavy atom. The summed E-state index contributed by atoms with van der Waals surface area (Å²) < 4.78 is 63.5. The van der Waals surface area contributed by atoms with Gasteiger partial charge in [0.05, 0.1) is 31.0 Å². The maximum absolute atomic E-state index is 14.4. The van der Waals surface area contributed by atoms with Crippen molar-refractivity contribution in [3.63, 3.8) is 0 Å². The van der Waals surface area contributed by atoms with E-state index >= 15 is 0 Å². The van der Waals surface area contributed by atoms with E-state index in [9.17, 15) is 22.8 Å². The van der Waals surface area contributed by atoms with Crippen LogP contribution in [0.1, 0.15) is 58.6 Å². The number of piperidine rings is 3. The fourth-order valence-corrected chi connectivity index (χ4v) is 7.68. The normalized spacial score (nSPS) is 19.5. The molecule has 0 unspecified atom stereocenters. The Morgan fingerprint density at radius 3 is 2.38 bits per heavy atom. The Labute approximate surface area is 327 Å². The van der Waals surface area contributed by atoms with Crippen LogP contribution < -0.4 is 19.4 Å². The van der Waals surface area contributed by atoms with Crippen molar-refractivity contribution in [1.82, 2.24) is 4.90 Å². The summed E-state index contributed by atoms with van der Waals surface area (Å²) in [6, 6.07) is 17.0. The zero-order valence-corrected chi connectivity index (χ0v) is 31.4. The molecule has 4 fully saturated rings. The van der Waals surface area contributed by atoms with Crippen LogP contribution >= 0.6 is 23.2 Å². The van der Waals surface area contributed by atoms with E-state index in [1.54, 1.807) is 54.9 Å². The molecule has 55 heavy (non-hydrogen) atoms. The van der Waals surface area contributed by atoms with E-state index < -0.39 is 30.4 Å². The topological polar surface area (TPSA) is 91.7 Å². The van der Waals surface area contributed by atoms with Gasteiger partial charge >= 0.3 is 18.7 Å². The van der Waals surface area contributed by atoms with Gasteiger partial charge in [0.2, 0.25) is 0 Å². The molecule has 3 aromatic carbocycles. The van der Waals surface area contributed by atoms with Crippen molar-refractivity contribution in [2.75, 3.05) is 37.7 Å². The van der Waals surface area contributed by atoms with E-state index in [-0.39, 0.29) is 48.7 Å². The van der Waals surface area contributed by atoms with E-state index in [4.69, 9.17) is 42.1 Å². The van der Waals surface area contributed by atoms with Gasteiger partial charge in [0, 0.05) is 18.0 Å². The second-order valence-corrected chi connectivity index (χ2v) is 15.1. The van der Waals surface area contributed by atoms with E-state index in [0.717, 1.165) is 38.8 Å². The first-order chi connectivity index (χ1) is 26.6. The molecule has 14 heteroatoms. The third-order valence-electron chi connectivity index (χ3n) is 10.4. The number of amides is 1. The lowest BCUT2D eigenvalue weighted by molar-refractivity contribution is -0.377. The van der Waals surface area contributed by atoms with Crippen LogP contribution in [0.25, 0.3) is 0 Å². The highest BCUT2D eigenvalue weighted by molar-refractivity contribution is 6.35. The molecule has 4 heterocycles. The average Bonchev–Trinajstić information content (AvgIpc) is 4.01. The van der Waals surface area contributed by atoms with Gasteiger partial charge in [0.15, 0.2) is 23.9 Å². The smallest absolute Gasteiger partial charge is 0.414 e. The molecule has 4 aliphatic rings. The number of nitrogens with zero attached hydrogens (tertiary/aromatic N) is 2. The van der Waals surface area contributed by atoms with Crippen LogP contribution in [0.5, 0.6) is 11.5 Å². The lowest BCUT2D eigenvalue weighted by atomic mass is 9.86. The maximum Gasteiger partial charge on any atom is 0.414 e. The number of rotatable bonds is 15. The highest BCUT2D eigenvalue weighted by Crippen LogP contribution is 2.38. The highest BCUT2D eigenvalue weighted by Gasteiger charge is 2.37. The molecule has 1 amide bonds. The monoisotopic (exact) mass is 798 g/mol. The number of H-pyrrole nitrogens is 1. The molecular formula is C41H41Cl2F3N3O6+. The lowest BCUT2D eigenvalue weighted by Crippen LogP contribution is -2.53. The minimum Gasteiger partial charge on any atom is -0.489 e. The quantitative estimate of drug-likeness (QED) is 0.111. The Kier molecular flexibility index (Phi) is 12.3. The van der Waals surface area contributed by atoms with Gasteiger partial charge in [0.25, 0.3) is 0 Å². The number of fused-ring (bicyclic) bond motifs is 3. The fraction of sp³-hybridized carbons (Fsp3) is 0.390. The van der Waals surface area contributed by atoms with Crippen LogP contribution in [0.3, 0.4) is 0 Å². The Morgan fingerprint density at radius 1 is 0.927 bits per heavy atom. The number of anilines is 1. The summed E-state index contributed by atoms with van der Waals surface area (Å²) in [5.41, 5.74) is 2.36. The van der Waals surface area contributed by atoms with Gasteiger partial charge in [-0.15, -0.1) is 0 Å². The molecular weight excluding hydrogens is 758 g/mol. The molecule has 1 aromatic heterocycles. The van der Waals surface area contributed by atoms with Crippen LogP contribution in [0.15, 0.2) is 79.1 Å². The Balaban J connectivity index is 1.10. The summed E-state index contributed by atoms with van der Waals surface area (Å²) >= 11 is 13.0. The second-order valence-electron chi connectivity index (χ2n) is 14.3. The van der Waals surface area contributed by atoms with Crippen LogP contribution in [0, 0.1) is 17.7 Å². The molecule has 8 rings (SSSR count). The first-order valence-corrected chi connectivity index (χ1v) is 19.1. The summed E-state index contributed by atoms with van der Waals surface area (Å²) in [5.74, 6) is -0.981.